The zero-order valence-electron chi connectivity index (χ0n) is 11.5. The minimum Gasteiger partial charge on any atom is -0.375 e. The van der Waals surface area contributed by atoms with E-state index in [1.165, 1.54) is 0 Å². The number of nitrogens with two attached hydrogens (primary N) is 1. The van der Waals surface area contributed by atoms with E-state index in [0.29, 0.717) is 25.7 Å². The van der Waals surface area contributed by atoms with Gasteiger partial charge in [0.05, 0.1) is 25.3 Å². The van der Waals surface area contributed by atoms with Crippen LogP contribution in [0.25, 0.3) is 0 Å². The second-order valence-corrected chi connectivity index (χ2v) is 5.65. The Morgan fingerprint density at radius 1 is 1.33 bits per heavy atom. The average Bonchev–Trinajstić information content (AvgIpc) is 2.35. The van der Waals surface area contributed by atoms with Crippen LogP contribution in [0.4, 0.5) is 0 Å². The minimum absolute atomic E-state index is 0.153. The summed E-state index contributed by atoms with van der Waals surface area (Å²) in [6.07, 6.45) is 2.16. The lowest BCUT2D eigenvalue weighted by Gasteiger charge is -2.38. The molecule has 2 fully saturated rings. The van der Waals surface area contributed by atoms with Crippen molar-refractivity contribution in [2.45, 2.75) is 44.9 Å². The van der Waals surface area contributed by atoms with E-state index in [4.69, 9.17) is 10.5 Å². The third-order valence-electron chi connectivity index (χ3n) is 3.92. The van der Waals surface area contributed by atoms with E-state index in [-0.39, 0.29) is 18.1 Å². The number of rotatable bonds is 2. The predicted octanol–water partition coefficient (Wildman–Crippen LogP) is 0.0453. The summed E-state index contributed by atoms with van der Waals surface area (Å²) in [5.74, 6) is 0.230. The first-order chi connectivity index (χ1) is 8.56. The number of amides is 1. The van der Waals surface area contributed by atoms with Crippen LogP contribution in [0.1, 0.15) is 26.7 Å². The quantitative estimate of drug-likeness (QED) is 0.757. The molecule has 2 rings (SSSR count). The number of likely N-dealkylation sites (tertiary alicyclic amines) is 1. The van der Waals surface area contributed by atoms with Crippen molar-refractivity contribution in [3.8, 4) is 0 Å². The molecule has 0 aromatic rings. The molecule has 2 aliphatic rings. The predicted molar refractivity (Wildman–Crippen MR) is 70.2 cm³/mol. The van der Waals surface area contributed by atoms with Gasteiger partial charge in [0.1, 0.15) is 0 Å². The van der Waals surface area contributed by atoms with E-state index in [9.17, 15) is 4.79 Å². The Morgan fingerprint density at radius 2 is 2.00 bits per heavy atom. The highest BCUT2D eigenvalue weighted by Gasteiger charge is 2.29. The lowest BCUT2D eigenvalue weighted by molar-refractivity contribution is -0.144. The fraction of sp³-hybridized carbons (Fsp3) is 0.923. The van der Waals surface area contributed by atoms with E-state index in [0.717, 1.165) is 25.9 Å². The van der Waals surface area contributed by atoms with Crippen LogP contribution in [0, 0.1) is 0 Å². The Kier molecular flexibility index (Phi) is 4.59. The molecule has 2 N–H and O–H groups in total. The lowest BCUT2D eigenvalue weighted by atomic mass is 10.1. The smallest absolute Gasteiger partial charge is 0.237 e. The number of carbonyl (C=O) groups is 1. The Bertz CT molecular complexity index is 290. The van der Waals surface area contributed by atoms with Crippen molar-refractivity contribution in [1.29, 1.82) is 0 Å². The van der Waals surface area contributed by atoms with Crippen molar-refractivity contribution in [2.24, 2.45) is 5.73 Å². The van der Waals surface area contributed by atoms with Crippen LogP contribution >= 0.6 is 0 Å². The van der Waals surface area contributed by atoms with Gasteiger partial charge in [-0.05, 0) is 26.7 Å². The topological polar surface area (TPSA) is 58.8 Å². The van der Waals surface area contributed by atoms with Crippen LogP contribution in [-0.4, -0.2) is 66.7 Å². The maximum Gasteiger partial charge on any atom is 0.237 e. The molecule has 0 aromatic carbocycles. The highest BCUT2D eigenvalue weighted by atomic mass is 16.5. The molecule has 18 heavy (non-hydrogen) atoms. The van der Waals surface area contributed by atoms with Gasteiger partial charge in [-0.1, -0.05) is 0 Å². The number of nitrogens with zero attached hydrogens (tertiary/aromatic N) is 2. The molecule has 2 unspecified atom stereocenters. The normalized spacial score (nSPS) is 31.6. The van der Waals surface area contributed by atoms with Crippen molar-refractivity contribution < 1.29 is 9.53 Å². The van der Waals surface area contributed by atoms with Gasteiger partial charge in [-0.3, -0.25) is 9.69 Å². The summed E-state index contributed by atoms with van der Waals surface area (Å²) in [5.41, 5.74) is 5.87. The van der Waals surface area contributed by atoms with Crippen LogP contribution in [0.2, 0.25) is 0 Å². The first-order valence-corrected chi connectivity index (χ1v) is 6.95. The van der Waals surface area contributed by atoms with E-state index in [2.05, 4.69) is 11.8 Å². The molecule has 0 radical (unpaired) electrons. The van der Waals surface area contributed by atoms with Crippen LogP contribution in [0.15, 0.2) is 0 Å². The second-order valence-electron chi connectivity index (χ2n) is 5.65. The molecule has 1 amide bonds. The second kappa shape index (κ2) is 5.99. The summed E-state index contributed by atoms with van der Waals surface area (Å²) in [6.45, 7) is 7.86. The molecule has 5 nitrogen and oxygen atoms in total. The van der Waals surface area contributed by atoms with Gasteiger partial charge in [0.2, 0.25) is 5.91 Å². The molecule has 2 atom stereocenters. The van der Waals surface area contributed by atoms with Gasteiger partial charge < -0.3 is 15.4 Å². The molecule has 2 saturated heterocycles. The Labute approximate surface area is 109 Å². The summed E-state index contributed by atoms with van der Waals surface area (Å²) in [6, 6.07) is 0.513. The minimum atomic E-state index is 0.153. The van der Waals surface area contributed by atoms with Gasteiger partial charge in [0, 0.05) is 25.7 Å². The third-order valence-corrected chi connectivity index (χ3v) is 3.92. The molecule has 0 aliphatic carbocycles. The van der Waals surface area contributed by atoms with Crippen molar-refractivity contribution in [2.75, 3.05) is 32.8 Å². The van der Waals surface area contributed by atoms with Crippen LogP contribution < -0.4 is 5.73 Å². The summed E-state index contributed by atoms with van der Waals surface area (Å²) >= 11 is 0. The van der Waals surface area contributed by atoms with Crippen molar-refractivity contribution in [3.05, 3.63) is 0 Å². The standard InChI is InChI=1S/C13H25N3O2/c1-10-9-18-11(2)7-16(10)13(17)8-15-5-3-12(14)4-6-15/h10-12H,3-9,14H2,1-2H3. The number of hydrogen-bond acceptors (Lipinski definition) is 4. The summed E-state index contributed by atoms with van der Waals surface area (Å²) in [7, 11) is 0. The number of hydrogen-bond donors (Lipinski definition) is 1. The van der Waals surface area contributed by atoms with Gasteiger partial charge in [0.25, 0.3) is 0 Å². The fourth-order valence-corrected chi connectivity index (χ4v) is 2.64. The summed E-state index contributed by atoms with van der Waals surface area (Å²) in [4.78, 5) is 16.5. The molecule has 104 valence electrons. The van der Waals surface area contributed by atoms with Gasteiger partial charge in [0.15, 0.2) is 0 Å². The first kappa shape index (κ1) is 13.8. The van der Waals surface area contributed by atoms with Crippen molar-refractivity contribution in [3.63, 3.8) is 0 Å². The van der Waals surface area contributed by atoms with Crippen molar-refractivity contribution in [1.82, 2.24) is 9.80 Å². The number of piperidine rings is 1. The van der Waals surface area contributed by atoms with Gasteiger partial charge in [-0.25, -0.2) is 0 Å². The largest absolute Gasteiger partial charge is 0.375 e. The Balaban J connectivity index is 1.83. The highest BCUT2D eigenvalue weighted by molar-refractivity contribution is 5.78. The average molecular weight is 255 g/mol. The Hall–Kier alpha value is -0.650. The molecule has 5 heteroatoms. The van der Waals surface area contributed by atoms with Crippen LogP contribution in [-0.2, 0) is 9.53 Å². The molecule has 2 aliphatic heterocycles. The zero-order valence-corrected chi connectivity index (χ0v) is 11.5. The molecule has 0 saturated carbocycles. The third kappa shape index (κ3) is 3.43. The van der Waals surface area contributed by atoms with E-state index in [1.54, 1.807) is 0 Å². The Morgan fingerprint density at radius 3 is 2.67 bits per heavy atom. The van der Waals surface area contributed by atoms with E-state index in [1.807, 2.05) is 11.8 Å². The van der Waals surface area contributed by atoms with Crippen LogP contribution in [0.3, 0.4) is 0 Å². The monoisotopic (exact) mass is 255 g/mol. The molecular weight excluding hydrogens is 230 g/mol. The van der Waals surface area contributed by atoms with Gasteiger partial charge in [-0.15, -0.1) is 0 Å². The van der Waals surface area contributed by atoms with Crippen LogP contribution in [0.5, 0.6) is 0 Å². The summed E-state index contributed by atoms with van der Waals surface area (Å²) < 4.78 is 5.55. The lowest BCUT2D eigenvalue weighted by Crippen LogP contribution is -2.53. The number of morpholine rings is 1. The zero-order chi connectivity index (χ0) is 13.1. The molecule has 0 spiro atoms. The number of carbonyl (C=O) groups excluding carboxylic acids is 1. The van der Waals surface area contributed by atoms with E-state index < -0.39 is 0 Å². The summed E-state index contributed by atoms with van der Waals surface area (Å²) in [5, 5.41) is 0. The van der Waals surface area contributed by atoms with E-state index >= 15 is 0 Å². The maximum absolute atomic E-state index is 12.3. The molecular formula is C13H25N3O2. The van der Waals surface area contributed by atoms with Crippen molar-refractivity contribution >= 4 is 5.91 Å². The maximum atomic E-state index is 12.3. The first-order valence-electron chi connectivity index (χ1n) is 6.95. The molecule has 2 heterocycles. The SMILES string of the molecule is CC1CN(C(=O)CN2CCC(N)CC2)C(C)CO1. The van der Waals surface area contributed by atoms with Gasteiger partial charge >= 0.3 is 0 Å². The fourth-order valence-electron chi connectivity index (χ4n) is 2.64. The highest BCUT2D eigenvalue weighted by Crippen LogP contribution is 2.13. The number of ether oxygens (including phenoxy) is 1. The van der Waals surface area contributed by atoms with Gasteiger partial charge in [-0.2, -0.15) is 0 Å². The molecule has 0 bridgehead atoms. The molecule has 0 aromatic heterocycles.